The van der Waals surface area contributed by atoms with Crippen molar-refractivity contribution in [2.24, 2.45) is 0 Å². The molecular formula is C18H16ClN3O2. The van der Waals surface area contributed by atoms with E-state index in [2.05, 4.69) is 15.3 Å². The maximum atomic E-state index is 10.4. The van der Waals surface area contributed by atoms with Crippen molar-refractivity contribution in [2.75, 3.05) is 6.54 Å². The average Bonchev–Trinajstić information content (AvgIpc) is 3.03. The molecule has 1 aromatic heterocycles. The molecule has 0 aliphatic rings. The summed E-state index contributed by atoms with van der Waals surface area (Å²) in [6.45, 7) is 0.329. The van der Waals surface area contributed by atoms with Gasteiger partial charge in [0.2, 0.25) is 0 Å². The van der Waals surface area contributed by atoms with Gasteiger partial charge in [-0.15, -0.1) is 0 Å². The van der Waals surface area contributed by atoms with Crippen LogP contribution in [-0.4, -0.2) is 27.7 Å². The summed E-state index contributed by atoms with van der Waals surface area (Å²) in [7, 11) is 0. The van der Waals surface area contributed by atoms with Gasteiger partial charge >= 0.3 is 6.09 Å². The fourth-order valence-corrected chi connectivity index (χ4v) is 2.62. The molecule has 0 radical (unpaired) electrons. The number of carboxylic acid groups (broad SMARTS) is 1. The molecule has 1 amide bonds. The smallest absolute Gasteiger partial charge is 0.404 e. The Morgan fingerprint density at radius 3 is 2.58 bits per heavy atom. The fraction of sp³-hybridized carbons (Fsp3) is 0.111. The van der Waals surface area contributed by atoms with Crippen LogP contribution in [0.4, 0.5) is 4.79 Å². The number of carbonyl (C=O) groups is 1. The molecule has 122 valence electrons. The normalized spacial score (nSPS) is 10.5. The first-order valence-corrected chi connectivity index (χ1v) is 7.87. The summed E-state index contributed by atoms with van der Waals surface area (Å²) in [6, 6.07) is 15.8. The number of nitrogens with zero attached hydrogens (tertiary/aromatic N) is 1. The molecule has 0 spiro atoms. The minimum Gasteiger partial charge on any atom is -0.465 e. The number of imidazole rings is 1. The maximum Gasteiger partial charge on any atom is 0.404 e. The molecule has 0 saturated carbocycles. The van der Waals surface area contributed by atoms with E-state index in [9.17, 15) is 4.79 Å². The maximum absolute atomic E-state index is 10.4. The molecular weight excluding hydrogens is 326 g/mol. The summed E-state index contributed by atoms with van der Waals surface area (Å²) in [4.78, 5) is 18.0. The standard InChI is InChI=1S/C18H16ClN3O2/c19-15-3-1-2-14(10-15)12-4-6-13(7-5-12)16-11-21-17(22-16)8-9-20-18(23)24/h1-7,10-11,20H,8-9H2,(H,21,22)(H,23,24). The highest BCUT2D eigenvalue weighted by Crippen LogP contribution is 2.25. The molecule has 0 unspecified atom stereocenters. The van der Waals surface area contributed by atoms with Crippen LogP contribution in [0.15, 0.2) is 54.7 Å². The number of H-pyrrole nitrogens is 1. The van der Waals surface area contributed by atoms with Gasteiger partial charge in [0.1, 0.15) is 5.82 Å². The highest BCUT2D eigenvalue weighted by Gasteiger charge is 2.06. The van der Waals surface area contributed by atoms with Gasteiger partial charge in [-0.3, -0.25) is 0 Å². The van der Waals surface area contributed by atoms with Crippen LogP contribution in [0.1, 0.15) is 5.82 Å². The van der Waals surface area contributed by atoms with E-state index in [1.807, 2.05) is 54.7 Å². The molecule has 0 aliphatic carbocycles. The van der Waals surface area contributed by atoms with Crippen molar-refractivity contribution in [2.45, 2.75) is 6.42 Å². The van der Waals surface area contributed by atoms with Gasteiger partial charge in [-0.1, -0.05) is 48.0 Å². The Balaban J connectivity index is 1.72. The lowest BCUT2D eigenvalue weighted by atomic mass is 10.0. The van der Waals surface area contributed by atoms with E-state index >= 15 is 0 Å². The van der Waals surface area contributed by atoms with E-state index in [1.165, 1.54) is 0 Å². The molecule has 0 atom stereocenters. The van der Waals surface area contributed by atoms with E-state index in [-0.39, 0.29) is 0 Å². The fourth-order valence-electron chi connectivity index (χ4n) is 2.43. The van der Waals surface area contributed by atoms with Gasteiger partial charge in [0.05, 0.1) is 5.69 Å². The molecule has 2 aromatic carbocycles. The molecule has 3 N–H and O–H groups in total. The number of aromatic nitrogens is 2. The number of hydrogen-bond donors (Lipinski definition) is 3. The number of rotatable bonds is 5. The second-order valence-corrected chi connectivity index (χ2v) is 5.74. The Morgan fingerprint density at radius 1 is 1.12 bits per heavy atom. The summed E-state index contributed by atoms with van der Waals surface area (Å²) < 4.78 is 0. The van der Waals surface area contributed by atoms with Crippen LogP contribution in [0.3, 0.4) is 0 Å². The van der Waals surface area contributed by atoms with Crippen molar-refractivity contribution >= 4 is 17.7 Å². The molecule has 5 nitrogen and oxygen atoms in total. The van der Waals surface area contributed by atoms with Gasteiger partial charge < -0.3 is 15.4 Å². The Hall–Kier alpha value is -2.79. The molecule has 3 rings (SSSR count). The Bertz CT molecular complexity index is 843. The third kappa shape index (κ3) is 3.94. The molecule has 0 fully saturated rings. The topological polar surface area (TPSA) is 78.0 Å². The second-order valence-electron chi connectivity index (χ2n) is 5.30. The largest absolute Gasteiger partial charge is 0.465 e. The zero-order valence-corrected chi connectivity index (χ0v) is 13.5. The predicted octanol–water partition coefficient (Wildman–Crippen LogP) is 4.21. The third-order valence-electron chi connectivity index (χ3n) is 3.61. The monoisotopic (exact) mass is 341 g/mol. The zero-order valence-electron chi connectivity index (χ0n) is 12.8. The van der Waals surface area contributed by atoms with E-state index in [0.29, 0.717) is 18.0 Å². The minimum atomic E-state index is -1.03. The van der Waals surface area contributed by atoms with E-state index in [1.54, 1.807) is 0 Å². The first-order chi connectivity index (χ1) is 11.6. The molecule has 24 heavy (non-hydrogen) atoms. The van der Waals surface area contributed by atoms with Crippen LogP contribution in [0.2, 0.25) is 5.02 Å². The minimum absolute atomic E-state index is 0.329. The van der Waals surface area contributed by atoms with Gasteiger partial charge in [0.15, 0.2) is 0 Å². The van der Waals surface area contributed by atoms with Crippen LogP contribution < -0.4 is 5.32 Å². The van der Waals surface area contributed by atoms with Crippen molar-refractivity contribution in [1.82, 2.24) is 15.3 Å². The van der Waals surface area contributed by atoms with E-state index in [0.717, 1.165) is 28.2 Å². The number of hydrogen-bond acceptors (Lipinski definition) is 2. The van der Waals surface area contributed by atoms with Gasteiger partial charge in [-0.2, -0.15) is 0 Å². The molecule has 3 aromatic rings. The van der Waals surface area contributed by atoms with Crippen LogP contribution in [0.5, 0.6) is 0 Å². The molecule has 0 bridgehead atoms. The lowest BCUT2D eigenvalue weighted by Crippen LogP contribution is -2.23. The predicted molar refractivity (Wildman–Crippen MR) is 94.2 cm³/mol. The molecule has 0 aliphatic heterocycles. The van der Waals surface area contributed by atoms with Crippen molar-refractivity contribution in [1.29, 1.82) is 0 Å². The van der Waals surface area contributed by atoms with E-state index in [4.69, 9.17) is 16.7 Å². The number of amides is 1. The Morgan fingerprint density at radius 2 is 1.88 bits per heavy atom. The molecule has 1 heterocycles. The first-order valence-electron chi connectivity index (χ1n) is 7.49. The summed E-state index contributed by atoms with van der Waals surface area (Å²) in [6.07, 6.45) is 1.32. The van der Waals surface area contributed by atoms with Crippen molar-refractivity contribution < 1.29 is 9.90 Å². The lowest BCUT2D eigenvalue weighted by molar-refractivity contribution is 0.194. The average molecular weight is 342 g/mol. The zero-order chi connectivity index (χ0) is 16.9. The lowest BCUT2D eigenvalue weighted by Gasteiger charge is -2.03. The summed E-state index contributed by atoms with van der Waals surface area (Å²) >= 11 is 6.03. The summed E-state index contributed by atoms with van der Waals surface area (Å²) in [5, 5.41) is 11.6. The Kier molecular flexibility index (Phi) is 4.82. The summed E-state index contributed by atoms with van der Waals surface area (Å²) in [5.41, 5.74) is 3.98. The second kappa shape index (κ2) is 7.19. The first kappa shape index (κ1) is 16.1. The van der Waals surface area contributed by atoms with Crippen molar-refractivity contribution in [3.63, 3.8) is 0 Å². The number of aromatic amines is 1. The van der Waals surface area contributed by atoms with Gasteiger partial charge in [0.25, 0.3) is 0 Å². The van der Waals surface area contributed by atoms with Crippen LogP contribution in [0, 0.1) is 0 Å². The third-order valence-corrected chi connectivity index (χ3v) is 3.84. The SMILES string of the molecule is O=C(O)NCCc1nc(-c2ccc(-c3cccc(Cl)c3)cc2)c[nH]1. The van der Waals surface area contributed by atoms with E-state index < -0.39 is 6.09 Å². The molecule has 6 heteroatoms. The van der Waals surface area contributed by atoms with Gasteiger partial charge in [0, 0.05) is 29.7 Å². The number of halogens is 1. The quantitative estimate of drug-likeness (QED) is 0.650. The van der Waals surface area contributed by atoms with Crippen LogP contribution >= 0.6 is 11.6 Å². The summed E-state index contributed by atoms with van der Waals surface area (Å²) in [5.74, 6) is 0.748. The van der Waals surface area contributed by atoms with Crippen LogP contribution in [-0.2, 0) is 6.42 Å². The number of benzene rings is 2. The van der Waals surface area contributed by atoms with Crippen LogP contribution in [0.25, 0.3) is 22.4 Å². The number of nitrogens with one attached hydrogen (secondary N) is 2. The highest BCUT2D eigenvalue weighted by atomic mass is 35.5. The van der Waals surface area contributed by atoms with Gasteiger partial charge in [-0.25, -0.2) is 9.78 Å². The highest BCUT2D eigenvalue weighted by molar-refractivity contribution is 6.30. The van der Waals surface area contributed by atoms with Crippen molar-refractivity contribution in [3.05, 3.63) is 65.6 Å². The van der Waals surface area contributed by atoms with Crippen molar-refractivity contribution in [3.8, 4) is 22.4 Å². The molecule has 0 saturated heterocycles. The van der Waals surface area contributed by atoms with Gasteiger partial charge in [-0.05, 0) is 23.3 Å². The Labute approximate surface area is 144 Å².